The van der Waals surface area contributed by atoms with Gasteiger partial charge in [0.2, 0.25) is 5.91 Å². The lowest BCUT2D eigenvalue weighted by atomic mass is 10.1. The van der Waals surface area contributed by atoms with E-state index in [0.29, 0.717) is 19.5 Å². The molecule has 0 bridgehead atoms. The molecule has 2 N–H and O–H groups in total. The van der Waals surface area contributed by atoms with Crippen LogP contribution in [0.4, 0.5) is 0 Å². The second kappa shape index (κ2) is 5.54. The van der Waals surface area contributed by atoms with Crippen molar-refractivity contribution in [1.82, 2.24) is 14.3 Å². The topological polar surface area (TPSA) is 78.5 Å². The van der Waals surface area contributed by atoms with Crippen molar-refractivity contribution in [2.75, 3.05) is 13.1 Å². The number of nitrogens with one attached hydrogen (secondary N) is 2. The summed E-state index contributed by atoms with van der Waals surface area (Å²) in [7, 11) is -3.54. The van der Waals surface area contributed by atoms with E-state index in [2.05, 4.69) is 10.0 Å². The molecule has 6 nitrogen and oxygen atoms in total. The van der Waals surface area contributed by atoms with Gasteiger partial charge in [0, 0.05) is 19.1 Å². The van der Waals surface area contributed by atoms with Gasteiger partial charge in [0.1, 0.15) is 6.04 Å². The third-order valence-corrected chi connectivity index (χ3v) is 5.37. The Labute approximate surface area is 108 Å². The predicted octanol–water partition coefficient (Wildman–Crippen LogP) is -0.0262. The van der Waals surface area contributed by atoms with Gasteiger partial charge in [-0.3, -0.25) is 4.79 Å². The third kappa shape index (κ3) is 3.02. The number of amides is 1. The van der Waals surface area contributed by atoms with E-state index in [1.807, 2.05) is 6.92 Å². The highest BCUT2D eigenvalue weighted by Crippen LogP contribution is 2.19. The maximum Gasteiger partial charge on any atom is 0.280 e. The molecule has 2 aliphatic heterocycles. The smallest absolute Gasteiger partial charge is 0.280 e. The second-order valence-corrected chi connectivity index (χ2v) is 6.72. The van der Waals surface area contributed by atoms with Gasteiger partial charge >= 0.3 is 0 Å². The average molecular weight is 275 g/mol. The van der Waals surface area contributed by atoms with E-state index in [9.17, 15) is 13.2 Å². The van der Waals surface area contributed by atoms with Gasteiger partial charge < -0.3 is 5.32 Å². The van der Waals surface area contributed by atoms with Crippen molar-refractivity contribution in [3.8, 4) is 0 Å². The summed E-state index contributed by atoms with van der Waals surface area (Å²) in [4.78, 5) is 11.6. The molecule has 2 heterocycles. The number of hydrogen-bond donors (Lipinski definition) is 2. The van der Waals surface area contributed by atoms with Crippen molar-refractivity contribution in [3.63, 3.8) is 0 Å². The number of carbonyl (C=O) groups is 1. The van der Waals surface area contributed by atoms with Crippen LogP contribution >= 0.6 is 0 Å². The Morgan fingerprint density at radius 1 is 1.28 bits per heavy atom. The summed E-state index contributed by atoms with van der Waals surface area (Å²) in [5, 5.41) is 2.68. The van der Waals surface area contributed by atoms with Crippen LogP contribution in [0.5, 0.6) is 0 Å². The van der Waals surface area contributed by atoms with Crippen LogP contribution < -0.4 is 10.0 Å². The monoisotopic (exact) mass is 275 g/mol. The number of nitrogens with zero attached hydrogens (tertiary/aromatic N) is 1. The van der Waals surface area contributed by atoms with Crippen LogP contribution in [0.25, 0.3) is 0 Å². The summed E-state index contributed by atoms with van der Waals surface area (Å²) in [6, 6.07) is -0.597. The third-order valence-electron chi connectivity index (χ3n) is 3.63. The first kappa shape index (κ1) is 13.8. The molecule has 2 fully saturated rings. The van der Waals surface area contributed by atoms with Crippen molar-refractivity contribution < 1.29 is 13.2 Å². The normalized spacial score (nSPS) is 31.1. The molecule has 7 heteroatoms. The first-order valence-electron chi connectivity index (χ1n) is 6.57. The molecule has 18 heavy (non-hydrogen) atoms. The first-order chi connectivity index (χ1) is 8.50. The van der Waals surface area contributed by atoms with Gasteiger partial charge in [-0.25, -0.2) is 0 Å². The summed E-state index contributed by atoms with van der Waals surface area (Å²) in [5.41, 5.74) is 0. The molecule has 0 radical (unpaired) electrons. The lowest BCUT2D eigenvalue weighted by Gasteiger charge is -2.34. The van der Waals surface area contributed by atoms with Crippen molar-refractivity contribution >= 4 is 16.1 Å². The molecule has 2 atom stereocenters. The van der Waals surface area contributed by atoms with E-state index in [0.717, 1.165) is 25.7 Å². The standard InChI is InChI=1S/C11H21N3O3S/c1-9-5-2-3-8-14(9)18(16,17)13-10-6-4-7-12-11(10)15/h9-10,13H,2-8H2,1H3,(H,12,15). The fourth-order valence-corrected chi connectivity index (χ4v) is 4.23. The summed E-state index contributed by atoms with van der Waals surface area (Å²) in [6.45, 7) is 3.10. The minimum atomic E-state index is -3.54. The Balaban J connectivity index is 2.03. The molecule has 0 spiro atoms. The largest absolute Gasteiger partial charge is 0.355 e. The Kier molecular flexibility index (Phi) is 4.24. The maximum atomic E-state index is 12.2. The predicted molar refractivity (Wildman–Crippen MR) is 68.1 cm³/mol. The number of hydrogen-bond acceptors (Lipinski definition) is 3. The van der Waals surface area contributed by atoms with E-state index in [1.165, 1.54) is 4.31 Å². The van der Waals surface area contributed by atoms with Crippen LogP contribution in [0.2, 0.25) is 0 Å². The van der Waals surface area contributed by atoms with Crippen LogP contribution in [0, 0.1) is 0 Å². The summed E-state index contributed by atoms with van der Waals surface area (Å²) >= 11 is 0. The Morgan fingerprint density at radius 2 is 2.06 bits per heavy atom. The van der Waals surface area contributed by atoms with Crippen molar-refractivity contribution in [2.45, 2.75) is 51.1 Å². The fraction of sp³-hybridized carbons (Fsp3) is 0.909. The van der Waals surface area contributed by atoms with Crippen LogP contribution in [0.15, 0.2) is 0 Å². The van der Waals surface area contributed by atoms with Gasteiger partial charge in [0.05, 0.1) is 0 Å². The van der Waals surface area contributed by atoms with Gasteiger partial charge in [0.25, 0.3) is 10.2 Å². The average Bonchev–Trinajstić information content (AvgIpc) is 2.32. The maximum absolute atomic E-state index is 12.2. The van der Waals surface area contributed by atoms with Crippen molar-refractivity contribution in [3.05, 3.63) is 0 Å². The molecule has 2 aliphatic rings. The number of carbonyl (C=O) groups excluding carboxylic acids is 1. The molecule has 0 aromatic heterocycles. The highest BCUT2D eigenvalue weighted by atomic mass is 32.2. The fourth-order valence-electron chi connectivity index (χ4n) is 2.56. The summed E-state index contributed by atoms with van der Waals surface area (Å²) in [6.07, 6.45) is 4.23. The lowest BCUT2D eigenvalue weighted by molar-refractivity contribution is -0.124. The Bertz CT molecular complexity index is 410. The van der Waals surface area contributed by atoms with Crippen LogP contribution in [0.3, 0.4) is 0 Å². The minimum Gasteiger partial charge on any atom is -0.355 e. The van der Waals surface area contributed by atoms with E-state index in [-0.39, 0.29) is 11.9 Å². The quantitative estimate of drug-likeness (QED) is 0.759. The van der Waals surface area contributed by atoms with Crippen LogP contribution in [0.1, 0.15) is 39.0 Å². The first-order valence-corrected chi connectivity index (χ1v) is 8.01. The zero-order valence-corrected chi connectivity index (χ0v) is 11.5. The number of rotatable bonds is 3. The van der Waals surface area contributed by atoms with E-state index >= 15 is 0 Å². The molecular weight excluding hydrogens is 254 g/mol. The second-order valence-electron chi connectivity index (χ2n) is 5.06. The van der Waals surface area contributed by atoms with Gasteiger partial charge in [0.15, 0.2) is 0 Å². The molecule has 2 unspecified atom stereocenters. The minimum absolute atomic E-state index is 0.0166. The van der Waals surface area contributed by atoms with Gasteiger partial charge in [-0.2, -0.15) is 17.4 Å². The summed E-state index contributed by atoms with van der Waals surface area (Å²) in [5.74, 6) is -0.213. The molecule has 2 rings (SSSR count). The Hall–Kier alpha value is -0.660. The van der Waals surface area contributed by atoms with Crippen LogP contribution in [-0.2, 0) is 15.0 Å². The van der Waals surface area contributed by atoms with Gasteiger partial charge in [-0.1, -0.05) is 6.42 Å². The van der Waals surface area contributed by atoms with Crippen molar-refractivity contribution in [1.29, 1.82) is 0 Å². The zero-order chi connectivity index (χ0) is 13.2. The van der Waals surface area contributed by atoms with Gasteiger partial charge in [-0.05, 0) is 32.6 Å². The number of piperidine rings is 2. The molecule has 0 aromatic rings. The van der Waals surface area contributed by atoms with E-state index in [4.69, 9.17) is 0 Å². The van der Waals surface area contributed by atoms with Gasteiger partial charge in [-0.15, -0.1) is 0 Å². The lowest BCUT2D eigenvalue weighted by Crippen LogP contribution is -2.56. The molecule has 1 amide bonds. The van der Waals surface area contributed by atoms with E-state index < -0.39 is 16.3 Å². The Morgan fingerprint density at radius 3 is 2.72 bits per heavy atom. The SMILES string of the molecule is CC1CCCCN1S(=O)(=O)NC1CCCNC1=O. The molecule has 0 aliphatic carbocycles. The highest BCUT2D eigenvalue weighted by molar-refractivity contribution is 7.87. The molecule has 0 saturated carbocycles. The summed E-state index contributed by atoms with van der Waals surface area (Å²) < 4.78 is 28.5. The highest BCUT2D eigenvalue weighted by Gasteiger charge is 2.33. The van der Waals surface area contributed by atoms with E-state index in [1.54, 1.807) is 0 Å². The van der Waals surface area contributed by atoms with Crippen LogP contribution in [-0.4, -0.2) is 43.8 Å². The molecule has 2 saturated heterocycles. The molecule has 104 valence electrons. The molecule has 0 aromatic carbocycles. The van der Waals surface area contributed by atoms with Crippen molar-refractivity contribution in [2.24, 2.45) is 0 Å². The molecular formula is C11H21N3O3S. The zero-order valence-electron chi connectivity index (χ0n) is 10.7.